The van der Waals surface area contributed by atoms with E-state index in [4.69, 9.17) is 4.74 Å². The van der Waals surface area contributed by atoms with Crippen molar-refractivity contribution in [3.05, 3.63) is 29.8 Å². The van der Waals surface area contributed by atoms with Crippen LogP contribution in [0.1, 0.15) is 49.9 Å². The van der Waals surface area contributed by atoms with E-state index < -0.39 is 6.04 Å². The zero-order chi connectivity index (χ0) is 17.5. The Hall–Kier alpha value is -2.04. The molecule has 1 N–H and O–H groups in total. The molecule has 0 aliphatic carbocycles. The number of methoxy groups -OCH3 is 1. The molecule has 1 heterocycles. The Morgan fingerprint density at radius 1 is 1.04 bits per heavy atom. The van der Waals surface area contributed by atoms with Gasteiger partial charge >= 0.3 is 0 Å². The van der Waals surface area contributed by atoms with Gasteiger partial charge in [-0.05, 0) is 43.0 Å². The number of rotatable bonds is 5. The highest BCUT2D eigenvalue weighted by atomic mass is 16.5. The second kappa shape index (κ2) is 8.71. The number of benzene rings is 1. The molecule has 0 aromatic heterocycles. The first-order chi connectivity index (χ1) is 11.5. The summed E-state index contributed by atoms with van der Waals surface area (Å²) in [6.07, 6.45) is 4.44. The van der Waals surface area contributed by atoms with E-state index in [0.29, 0.717) is 11.3 Å². The van der Waals surface area contributed by atoms with Crippen LogP contribution in [-0.2, 0) is 4.79 Å². The van der Waals surface area contributed by atoms with Crippen LogP contribution < -0.4 is 10.1 Å². The van der Waals surface area contributed by atoms with Crippen molar-refractivity contribution in [1.29, 1.82) is 0 Å². The van der Waals surface area contributed by atoms with Crippen LogP contribution in [0.2, 0.25) is 0 Å². The first kappa shape index (κ1) is 18.3. The van der Waals surface area contributed by atoms with Crippen molar-refractivity contribution in [2.75, 3.05) is 20.2 Å². The molecule has 5 nitrogen and oxygen atoms in total. The van der Waals surface area contributed by atoms with Crippen LogP contribution in [0.3, 0.4) is 0 Å². The third-order valence-corrected chi connectivity index (χ3v) is 4.49. The zero-order valence-corrected chi connectivity index (χ0v) is 14.9. The topological polar surface area (TPSA) is 58.6 Å². The Labute approximate surface area is 144 Å². The van der Waals surface area contributed by atoms with Crippen LogP contribution in [0, 0.1) is 5.92 Å². The summed E-state index contributed by atoms with van der Waals surface area (Å²) in [5.74, 6) is 0.559. The molecule has 1 fully saturated rings. The number of hydrogen-bond donors (Lipinski definition) is 1. The second-order valence-electron chi connectivity index (χ2n) is 6.66. The smallest absolute Gasteiger partial charge is 0.251 e. The Bertz CT molecular complexity index is 546. The minimum atomic E-state index is -0.488. The zero-order valence-electron chi connectivity index (χ0n) is 14.9. The molecular weight excluding hydrogens is 304 g/mol. The van der Waals surface area contributed by atoms with Gasteiger partial charge in [0.05, 0.1) is 7.11 Å². The third kappa shape index (κ3) is 4.73. The van der Waals surface area contributed by atoms with Gasteiger partial charge in [0.2, 0.25) is 5.91 Å². The number of carbonyl (C=O) groups is 2. The molecule has 1 atom stereocenters. The summed E-state index contributed by atoms with van der Waals surface area (Å²) in [7, 11) is 1.59. The van der Waals surface area contributed by atoms with E-state index in [0.717, 1.165) is 25.9 Å². The summed E-state index contributed by atoms with van der Waals surface area (Å²) >= 11 is 0. The molecule has 0 bridgehead atoms. The summed E-state index contributed by atoms with van der Waals surface area (Å²) in [5.41, 5.74) is 0.533. The Balaban J connectivity index is 2.06. The predicted octanol–water partition coefficient (Wildman–Crippen LogP) is 2.85. The van der Waals surface area contributed by atoms with Gasteiger partial charge in [0, 0.05) is 18.7 Å². The molecule has 24 heavy (non-hydrogen) atoms. The van der Waals surface area contributed by atoms with E-state index in [9.17, 15) is 9.59 Å². The number of ether oxygens (including phenoxy) is 1. The van der Waals surface area contributed by atoms with Gasteiger partial charge in [-0.2, -0.15) is 0 Å². The van der Waals surface area contributed by atoms with Crippen molar-refractivity contribution >= 4 is 11.8 Å². The Kier molecular flexibility index (Phi) is 6.64. The molecule has 5 heteroatoms. The van der Waals surface area contributed by atoms with Gasteiger partial charge in [-0.25, -0.2) is 0 Å². The Morgan fingerprint density at radius 3 is 2.12 bits per heavy atom. The van der Waals surface area contributed by atoms with Crippen LogP contribution in [0.25, 0.3) is 0 Å². The lowest BCUT2D eigenvalue weighted by molar-refractivity contribution is -0.134. The molecule has 1 saturated heterocycles. The first-order valence-corrected chi connectivity index (χ1v) is 8.76. The molecule has 1 aliphatic rings. The van der Waals surface area contributed by atoms with Gasteiger partial charge in [0.25, 0.3) is 5.91 Å². The summed E-state index contributed by atoms with van der Waals surface area (Å²) in [6.45, 7) is 5.52. The normalized spacial score (nSPS) is 16.4. The lowest BCUT2D eigenvalue weighted by Crippen LogP contribution is -2.51. The molecule has 1 aliphatic heterocycles. The van der Waals surface area contributed by atoms with Crippen LogP contribution in [0.4, 0.5) is 0 Å². The van der Waals surface area contributed by atoms with Crippen LogP contribution in [0.5, 0.6) is 5.75 Å². The second-order valence-corrected chi connectivity index (χ2v) is 6.66. The monoisotopic (exact) mass is 332 g/mol. The maximum atomic E-state index is 12.9. The summed E-state index contributed by atoms with van der Waals surface area (Å²) < 4.78 is 5.11. The molecule has 2 rings (SSSR count). The largest absolute Gasteiger partial charge is 0.497 e. The molecule has 132 valence electrons. The minimum Gasteiger partial charge on any atom is -0.497 e. The van der Waals surface area contributed by atoms with Gasteiger partial charge in [0.1, 0.15) is 11.8 Å². The van der Waals surface area contributed by atoms with Gasteiger partial charge in [-0.3, -0.25) is 9.59 Å². The quantitative estimate of drug-likeness (QED) is 0.902. The predicted molar refractivity (Wildman–Crippen MR) is 94.1 cm³/mol. The van der Waals surface area contributed by atoms with Crippen molar-refractivity contribution in [3.63, 3.8) is 0 Å². The van der Waals surface area contributed by atoms with E-state index in [1.807, 2.05) is 18.7 Å². The number of carbonyl (C=O) groups excluding carboxylic acids is 2. The number of nitrogens with one attached hydrogen (secondary N) is 1. The average molecular weight is 332 g/mol. The van der Waals surface area contributed by atoms with E-state index in [1.165, 1.54) is 12.8 Å². The van der Waals surface area contributed by atoms with Crippen molar-refractivity contribution in [1.82, 2.24) is 10.2 Å². The standard InChI is InChI=1S/C19H28N2O3/c1-14(2)17(19(23)21-12-6-4-5-7-13-21)20-18(22)15-8-10-16(24-3)11-9-15/h8-11,14,17H,4-7,12-13H2,1-3H3,(H,20,22). The fourth-order valence-corrected chi connectivity index (χ4v) is 2.97. The van der Waals surface area contributed by atoms with Gasteiger partial charge in [-0.1, -0.05) is 26.7 Å². The van der Waals surface area contributed by atoms with E-state index in [-0.39, 0.29) is 17.7 Å². The summed E-state index contributed by atoms with van der Waals surface area (Å²) in [6, 6.07) is 6.42. The highest BCUT2D eigenvalue weighted by molar-refractivity contribution is 5.97. The van der Waals surface area contributed by atoms with E-state index in [2.05, 4.69) is 5.32 Å². The SMILES string of the molecule is COc1ccc(C(=O)NC(C(=O)N2CCCCCC2)C(C)C)cc1. The first-order valence-electron chi connectivity index (χ1n) is 8.76. The van der Waals surface area contributed by atoms with Gasteiger partial charge in [-0.15, -0.1) is 0 Å². The molecule has 0 radical (unpaired) electrons. The maximum Gasteiger partial charge on any atom is 0.251 e. The van der Waals surface area contributed by atoms with E-state index >= 15 is 0 Å². The molecular formula is C19H28N2O3. The molecule has 1 aromatic carbocycles. The summed E-state index contributed by atoms with van der Waals surface area (Å²) in [4.78, 5) is 27.3. The van der Waals surface area contributed by atoms with Crippen molar-refractivity contribution in [2.24, 2.45) is 5.92 Å². The highest BCUT2D eigenvalue weighted by Gasteiger charge is 2.29. The van der Waals surface area contributed by atoms with Crippen molar-refractivity contribution < 1.29 is 14.3 Å². The number of likely N-dealkylation sites (tertiary alicyclic amines) is 1. The fourth-order valence-electron chi connectivity index (χ4n) is 2.97. The third-order valence-electron chi connectivity index (χ3n) is 4.49. The molecule has 1 aromatic rings. The molecule has 1 unspecified atom stereocenters. The van der Waals surface area contributed by atoms with Gasteiger partial charge in [0.15, 0.2) is 0 Å². The van der Waals surface area contributed by atoms with E-state index in [1.54, 1.807) is 31.4 Å². The number of amides is 2. The molecule has 0 spiro atoms. The van der Waals surface area contributed by atoms with Crippen LogP contribution >= 0.6 is 0 Å². The lowest BCUT2D eigenvalue weighted by atomic mass is 10.0. The van der Waals surface area contributed by atoms with Crippen molar-refractivity contribution in [3.8, 4) is 5.75 Å². The lowest BCUT2D eigenvalue weighted by Gasteiger charge is -2.29. The Morgan fingerprint density at radius 2 is 1.62 bits per heavy atom. The molecule has 0 saturated carbocycles. The van der Waals surface area contributed by atoms with Crippen LogP contribution in [0.15, 0.2) is 24.3 Å². The number of nitrogens with zero attached hydrogens (tertiary/aromatic N) is 1. The summed E-state index contributed by atoms with van der Waals surface area (Å²) in [5, 5.41) is 2.92. The number of hydrogen-bond acceptors (Lipinski definition) is 3. The van der Waals surface area contributed by atoms with Crippen LogP contribution in [-0.4, -0.2) is 43.0 Å². The highest BCUT2D eigenvalue weighted by Crippen LogP contribution is 2.15. The molecule has 2 amide bonds. The van der Waals surface area contributed by atoms with Gasteiger partial charge < -0.3 is 15.0 Å². The maximum absolute atomic E-state index is 12.9. The minimum absolute atomic E-state index is 0.0359. The van der Waals surface area contributed by atoms with Crippen molar-refractivity contribution in [2.45, 2.75) is 45.6 Å². The fraction of sp³-hybridized carbons (Fsp3) is 0.579. The average Bonchev–Trinajstić information content (AvgIpc) is 2.88.